The first-order valence-electron chi connectivity index (χ1n) is 9.20. The van der Waals surface area contributed by atoms with Crippen LogP contribution in [0.15, 0.2) is 24.3 Å². The molecule has 2 saturated heterocycles. The molecule has 25 heavy (non-hydrogen) atoms. The number of aryl methyl sites for hydroxylation is 1. The summed E-state index contributed by atoms with van der Waals surface area (Å²) in [7, 11) is -1.34. The van der Waals surface area contributed by atoms with E-state index >= 15 is 0 Å². The van der Waals surface area contributed by atoms with E-state index in [1.165, 1.54) is 0 Å². The minimum Gasteiger partial charge on any atom is -0.508 e. The molecule has 0 radical (unpaired) electrons. The summed E-state index contributed by atoms with van der Waals surface area (Å²) in [5, 5.41) is 9.39. The Balaban J connectivity index is 1.66. The fourth-order valence-electron chi connectivity index (χ4n) is 3.73. The Kier molecular flexibility index (Phi) is 5.99. The van der Waals surface area contributed by atoms with Crippen LogP contribution in [0.1, 0.15) is 31.2 Å². The molecule has 1 atom stereocenters. The molecule has 6 nitrogen and oxygen atoms in total. The largest absolute Gasteiger partial charge is 0.508 e. The van der Waals surface area contributed by atoms with Crippen molar-refractivity contribution in [3.63, 3.8) is 0 Å². The maximum Gasteiger partial charge on any atom is 0.282 e. The van der Waals surface area contributed by atoms with Crippen LogP contribution in [0.5, 0.6) is 5.75 Å². The van der Waals surface area contributed by atoms with Crippen molar-refractivity contribution in [3.05, 3.63) is 29.8 Å². The molecule has 0 unspecified atom stereocenters. The molecule has 1 N–H and O–H groups in total. The maximum atomic E-state index is 13.1. The smallest absolute Gasteiger partial charge is 0.282 e. The van der Waals surface area contributed by atoms with Gasteiger partial charge in [0.2, 0.25) is 0 Å². The highest BCUT2D eigenvalue weighted by Crippen LogP contribution is 2.26. The molecule has 2 fully saturated rings. The number of phenolic OH excluding ortho intramolecular Hbond substituents is 1. The van der Waals surface area contributed by atoms with Gasteiger partial charge in [0.15, 0.2) is 0 Å². The van der Waals surface area contributed by atoms with E-state index in [0.717, 1.165) is 50.8 Å². The van der Waals surface area contributed by atoms with Gasteiger partial charge >= 0.3 is 0 Å². The molecule has 1 aromatic carbocycles. The fourth-order valence-corrected chi connectivity index (χ4v) is 5.60. The van der Waals surface area contributed by atoms with Crippen molar-refractivity contribution in [1.29, 1.82) is 0 Å². The monoisotopic (exact) mass is 367 g/mol. The molecule has 7 heteroatoms. The van der Waals surface area contributed by atoms with Gasteiger partial charge in [-0.2, -0.15) is 17.0 Å². The zero-order chi connectivity index (χ0) is 17.9. The third kappa shape index (κ3) is 4.53. The predicted octanol–water partition coefficient (Wildman–Crippen LogP) is 1.67. The van der Waals surface area contributed by atoms with Crippen molar-refractivity contribution < 1.29 is 13.5 Å². The Morgan fingerprint density at radius 3 is 2.40 bits per heavy atom. The number of phenols is 1. The second kappa shape index (κ2) is 8.03. The predicted molar refractivity (Wildman–Crippen MR) is 98.8 cm³/mol. The van der Waals surface area contributed by atoms with Crippen LogP contribution < -0.4 is 0 Å². The highest BCUT2D eigenvalue weighted by atomic mass is 32.2. The molecule has 2 aliphatic rings. The summed E-state index contributed by atoms with van der Waals surface area (Å²) in [4.78, 5) is 2.17. The average Bonchev–Trinajstić information content (AvgIpc) is 2.62. The Bertz CT molecular complexity index is 655. The molecule has 0 saturated carbocycles. The first-order valence-corrected chi connectivity index (χ1v) is 10.6. The van der Waals surface area contributed by atoms with Crippen LogP contribution in [0, 0.1) is 0 Å². The van der Waals surface area contributed by atoms with Crippen molar-refractivity contribution in [1.82, 2.24) is 13.5 Å². The third-order valence-corrected chi connectivity index (χ3v) is 7.45. The molecule has 2 heterocycles. The summed E-state index contributed by atoms with van der Waals surface area (Å²) >= 11 is 0. The van der Waals surface area contributed by atoms with Crippen LogP contribution in [0.3, 0.4) is 0 Å². The van der Waals surface area contributed by atoms with Crippen molar-refractivity contribution in [3.8, 4) is 5.75 Å². The van der Waals surface area contributed by atoms with Crippen molar-refractivity contribution in [2.45, 2.75) is 38.1 Å². The lowest BCUT2D eigenvalue weighted by Gasteiger charge is -2.40. The molecule has 0 amide bonds. The van der Waals surface area contributed by atoms with Crippen molar-refractivity contribution in [2.24, 2.45) is 0 Å². The van der Waals surface area contributed by atoms with Gasteiger partial charge in [0.25, 0.3) is 10.2 Å². The number of likely N-dealkylation sites (N-methyl/N-ethyl adjacent to an activating group) is 1. The van der Waals surface area contributed by atoms with Gasteiger partial charge in [-0.1, -0.05) is 18.6 Å². The third-order valence-electron chi connectivity index (χ3n) is 5.36. The number of benzene rings is 1. The minimum atomic E-state index is -3.37. The van der Waals surface area contributed by atoms with E-state index in [9.17, 15) is 13.5 Å². The number of hydrogen-bond acceptors (Lipinski definition) is 4. The normalized spacial score (nSPS) is 24.4. The van der Waals surface area contributed by atoms with E-state index in [1.807, 2.05) is 19.2 Å². The van der Waals surface area contributed by atoms with Gasteiger partial charge in [-0.05, 0) is 50.4 Å². The first-order chi connectivity index (χ1) is 12.0. The van der Waals surface area contributed by atoms with E-state index < -0.39 is 10.2 Å². The van der Waals surface area contributed by atoms with Gasteiger partial charge in [-0.15, -0.1) is 0 Å². The van der Waals surface area contributed by atoms with Gasteiger partial charge < -0.3 is 10.0 Å². The molecule has 0 bridgehead atoms. The number of piperazine rings is 1. The summed E-state index contributed by atoms with van der Waals surface area (Å²) in [5.74, 6) is 0.265. The zero-order valence-electron chi connectivity index (χ0n) is 15.0. The van der Waals surface area contributed by atoms with Gasteiger partial charge in [-0.3, -0.25) is 0 Å². The van der Waals surface area contributed by atoms with Gasteiger partial charge in [0.1, 0.15) is 5.75 Å². The van der Waals surface area contributed by atoms with Crippen LogP contribution in [0.25, 0.3) is 0 Å². The van der Waals surface area contributed by atoms with E-state index in [2.05, 4.69) is 4.90 Å². The second-order valence-electron chi connectivity index (χ2n) is 7.18. The van der Waals surface area contributed by atoms with E-state index in [1.54, 1.807) is 20.7 Å². The molecule has 0 aromatic heterocycles. The van der Waals surface area contributed by atoms with Gasteiger partial charge in [0.05, 0.1) is 0 Å². The molecule has 0 spiro atoms. The molecule has 3 rings (SSSR count). The van der Waals surface area contributed by atoms with Crippen LogP contribution in [0.4, 0.5) is 0 Å². The van der Waals surface area contributed by atoms with Gasteiger partial charge in [0, 0.05) is 38.8 Å². The Hall–Kier alpha value is -1.15. The summed E-state index contributed by atoms with van der Waals surface area (Å²) in [6.45, 7) is 3.39. The molecule has 140 valence electrons. The standard InChI is InChI=1S/C18H29N3O3S/c1-19-12-14-20(15-13-19)25(23,24)21-11-3-2-4-17(21)8-5-16-6-9-18(22)10-7-16/h6-7,9-10,17,22H,2-5,8,11-15H2,1H3/t17-/m0/s1. The first kappa shape index (κ1) is 18.6. The lowest BCUT2D eigenvalue weighted by Crippen LogP contribution is -2.55. The van der Waals surface area contributed by atoms with E-state index in [0.29, 0.717) is 19.6 Å². The fraction of sp³-hybridized carbons (Fsp3) is 0.667. The molecule has 1 aromatic rings. The maximum absolute atomic E-state index is 13.1. The zero-order valence-corrected chi connectivity index (χ0v) is 15.8. The summed E-state index contributed by atoms with van der Waals surface area (Å²) in [6.07, 6.45) is 4.64. The Morgan fingerprint density at radius 2 is 1.72 bits per heavy atom. The second-order valence-corrected chi connectivity index (χ2v) is 9.06. The lowest BCUT2D eigenvalue weighted by molar-refractivity contribution is 0.187. The van der Waals surface area contributed by atoms with Crippen molar-refractivity contribution in [2.75, 3.05) is 39.8 Å². The summed E-state index contributed by atoms with van der Waals surface area (Å²) < 4.78 is 29.6. The van der Waals surface area contributed by atoms with E-state index in [-0.39, 0.29) is 11.8 Å². The SMILES string of the molecule is CN1CCN(S(=O)(=O)N2CCCC[C@H]2CCc2ccc(O)cc2)CC1. The number of piperidine rings is 1. The summed E-state index contributed by atoms with van der Waals surface area (Å²) in [5.41, 5.74) is 1.14. The van der Waals surface area contributed by atoms with Crippen molar-refractivity contribution >= 4 is 10.2 Å². The molecular weight excluding hydrogens is 338 g/mol. The Labute approximate surface area is 151 Å². The quantitative estimate of drug-likeness (QED) is 0.860. The molecule has 0 aliphatic carbocycles. The van der Waals surface area contributed by atoms with Crippen LogP contribution >= 0.6 is 0 Å². The minimum absolute atomic E-state index is 0.0761. The number of aromatic hydroxyl groups is 1. The lowest BCUT2D eigenvalue weighted by atomic mass is 9.98. The molecular formula is C18H29N3O3S. The van der Waals surface area contributed by atoms with Gasteiger partial charge in [-0.25, -0.2) is 0 Å². The Morgan fingerprint density at radius 1 is 1.04 bits per heavy atom. The highest BCUT2D eigenvalue weighted by Gasteiger charge is 2.37. The molecule has 2 aliphatic heterocycles. The van der Waals surface area contributed by atoms with Crippen LogP contribution in [-0.2, 0) is 16.6 Å². The number of rotatable bonds is 5. The summed E-state index contributed by atoms with van der Waals surface area (Å²) in [6, 6.07) is 7.28. The number of hydrogen-bond donors (Lipinski definition) is 1. The number of nitrogens with zero attached hydrogens (tertiary/aromatic N) is 3. The topological polar surface area (TPSA) is 64.1 Å². The van der Waals surface area contributed by atoms with E-state index in [4.69, 9.17) is 0 Å². The highest BCUT2D eigenvalue weighted by molar-refractivity contribution is 7.86. The van der Waals surface area contributed by atoms with Crippen LogP contribution in [0.2, 0.25) is 0 Å². The van der Waals surface area contributed by atoms with Crippen LogP contribution in [-0.4, -0.2) is 72.8 Å². The average molecular weight is 368 g/mol.